The highest BCUT2D eigenvalue weighted by Gasteiger charge is 2.24. The standard InChI is InChI=1S/C13H26Si/c1-11-6-8-13(9-7-11)12(2)10-14(3,4)5/h6,12-13H,7-10H2,1-5H3. The van der Waals surface area contributed by atoms with Crippen molar-refractivity contribution in [1.29, 1.82) is 0 Å². The molecule has 0 saturated heterocycles. The number of hydrogen-bond donors (Lipinski definition) is 0. The molecule has 0 amide bonds. The number of allylic oxidation sites excluding steroid dienone is 2. The van der Waals surface area contributed by atoms with Crippen LogP contribution in [0.3, 0.4) is 0 Å². The van der Waals surface area contributed by atoms with Gasteiger partial charge in [-0.25, -0.2) is 0 Å². The van der Waals surface area contributed by atoms with Crippen molar-refractivity contribution in [2.75, 3.05) is 0 Å². The first-order chi connectivity index (χ1) is 6.38. The Morgan fingerprint density at radius 1 is 1.43 bits per heavy atom. The van der Waals surface area contributed by atoms with E-state index in [-0.39, 0.29) is 0 Å². The summed E-state index contributed by atoms with van der Waals surface area (Å²) in [4.78, 5) is 0. The van der Waals surface area contributed by atoms with Crippen LogP contribution in [-0.4, -0.2) is 8.07 Å². The molecule has 82 valence electrons. The van der Waals surface area contributed by atoms with E-state index in [1.54, 1.807) is 5.57 Å². The van der Waals surface area contributed by atoms with E-state index in [4.69, 9.17) is 0 Å². The predicted octanol–water partition coefficient (Wildman–Crippen LogP) is 4.71. The van der Waals surface area contributed by atoms with Crippen molar-refractivity contribution in [2.45, 2.75) is 58.8 Å². The molecule has 0 heterocycles. The molecule has 0 fully saturated rings. The van der Waals surface area contributed by atoms with Gasteiger partial charge in [0.05, 0.1) is 0 Å². The number of rotatable bonds is 3. The van der Waals surface area contributed by atoms with Crippen LogP contribution in [0.25, 0.3) is 0 Å². The van der Waals surface area contributed by atoms with Crippen LogP contribution in [0.2, 0.25) is 25.7 Å². The van der Waals surface area contributed by atoms with E-state index < -0.39 is 8.07 Å². The molecule has 0 spiro atoms. The average Bonchev–Trinajstić information content (AvgIpc) is 2.02. The average molecular weight is 210 g/mol. The maximum atomic E-state index is 2.49. The molecule has 0 N–H and O–H groups in total. The summed E-state index contributed by atoms with van der Waals surface area (Å²) in [5.41, 5.74) is 1.61. The van der Waals surface area contributed by atoms with Gasteiger partial charge in [0, 0.05) is 8.07 Å². The van der Waals surface area contributed by atoms with Crippen molar-refractivity contribution in [3.8, 4) is 0 Å². The van der Waals surface area contributed by atoms with Gasteiger partial charge in [-0.3, -0.25) is 0 Å². The lowest BCUT2D eigenvalue weighted by Gasteiger charge is -2.30. The molecule has 0 radical (unpaired) electrons. The fraction of sp³-hybridized carbons (Fsp3) is 0.846. The van der Waals surface area contributed by atoms with E-state index in [2.05, 4.69) is 39.6 Å². The maximum absolute atomic E-state index is 2.49. The largest absolute Gasteiger partial charge is 0.0853 e. The molecule has 1 heteroatoms. The second kappa shape index (κ2) is 4.65. The van der Waals surface area contributed by atoms with Crippen molar-refractivity contribution in [2.24, 2.45) is 11.8 Å². The summed E-state index contributed by atoms with van der Waals surface area (Å²) >= 11 is 0. The summed E-state index contributed by atoms with van der Waals surface area (Å²) in [5.74, 6) is 1.93. The Hall–Kier alpha value is -0.0431. The van der Waals surface area contributed by atoms with E-state index in [0.717, 1.165) is 11.8 Å². The molecule has 0 aliphatic heterocycles. The van der Waals surface area contributed by atoms with Crippen LogP contribution in [-0.2, 0) is 0 Å². The van der Waals surface area contributed by atoms with E-state index >= 15 is 0 Å². The molecule has 2 unspecified atom stereocenters. The minimum atomic E-state index is -0.842. The van der Waals surface area contributed by atoms with Crippen LogP contribution < -0.4 is 0 Å². The van der Waals surface area contributed by atoms with Gasteiger partial charge in [0.1, 0.15) is 0 Å². The minimum Gasteiger partial charge on any atom is -0.0853 e. The topological polar surface area (TPSA) is 0 Å². The fourth-order valence-corrected chi connectivity index (χ4v) is 4.90. The van der Waals surface area contributed by atoms with E-state index in [1.807, 2.05) is 0 Å². The third kappa shape index (κ3) is 3.99. The lowest BCUT2D eigenvalue weighted by molar-refractivity contribution is 0.348. The summed E-state index contributed by atoms with van der Waals surface area (Å²) < 4.78 is 0. The molecule has 0 aromatic carbocycles. The second-order valence-corrected chi connectivity index (χ2v) is 11.9. The van der Waals surface area contributed by atoms with Gasteiger partial charge in [-0.05, 0) is 38.0 Å². The zero-order chi connectivity index (χ0) is 10.8. The molecule has 0 aromatic rings. The third-order valence-electron chi connectivity index (χ3n) is 3.42. The molecule has 1 aliphatic rings. The van der Waals surface area contributed by atoms with Crippen LogP contribution >= 0.6 is 0 Å². The highest BCUT2D eigenvalue weighted by molar-refractivity contribution is 6.76. The fourth-order valence-electron chi connectivity index (χ4n) is 2.63. The Kier molecular flexibility index (Phi) is 4.00. The third-order valence-corrected chi connectivity index (χ3v) is 5.29. The molecule has 2 atom stereocenters. The van der Waals surface area contributed by atoms with Crippen molar-refractivity contribution >= 4 is 8.07 Å². The van der Waals surface area contributed by atoms with Gasteiger partial charge in [0.2, 0.25) is 0 Å². The normalized spacial score (nSPS) is 25.8. The summed E-state index contributed by atoms with van der Waals surface area (Å²) in [6.45, 7) is 12.2. The molecule has 14 heavy (non-hydrogen) atoms. The SMILES string of the molecule is CC1=CCC(C(C)C[Si](C)(C)C)CC1. The summed E-state index contributed by atoms with van der Waals surface area (Å²) in [5, 5.41) is 0. The van der Waals surface area contributed by atoms with Crippen LogP contribution in [0, 0.1) is 11.8 Å². The quantitative estimate of drug-likeness (QED) is 0.467. The Labute approximate surface area is 90.8 Å². The Bertz CT molecular complexity index is 210. The zero-order valence-corrected chi connectivity index (χ0v) is 11.6. The smallest absolute Gasteiger partial charge is 0.0445 e. The minimum absolute atomic E-state index is 0.842. The van der Waals surface area contributed by atoms with Gasteiger partial charge in [-0.15, -0.1) is 0 Å². The van der Waals surface area contributed by atoms with E-state index in [1.165, 1.54) is 25.3 Å². The molecular formula is C13H26Si. The molecule has 0 aromatic heterocycles. The maximum Gasteiger partial charge on any atom is 0.0445 e. The van der Waals surface area contributed by atoms with Crippen LogP contribution in [0.15, 0.2) is 11.6 Å². The van der Waals surface area contributed by atoms with Gasteiger partial charge in [-0.1, -0.05) is 44.3 Å². The van der Waals surface area contributed by atoms with Crippen molar-refractivity contribution in [3.05, 3.63) is 11.6 Å². The van der Waals surface area contributed by atoms with Crippen molar-refractivity contribution in [3.63, 3.8) is 0 Å². The monoisotopic (exact) mass is 210 g/mol. The molecule has 0 bridgehead atoms. The van der Waals surface area contributed by atoms with Crippen molar-refractivity contribution in [1.82, 2.24) is 0 Å². The summed E-state index contributed by atoms with van der Waals surface area (Å²) in [6.07, 6.45) is 6.60. The molecule has 1 rings (SSSR count). The first-order valence-electron chi connectivity index (χ1n) is 6.04. The van der Waals surface area contributed by atoms with Crippen LogP contribution in [0.4, 0.5) is 0 Å². The highest BCUT2D eigenvalue weighted by Crippen LogP contribution is 2.33. The predicted molar refractivity (Wildman–Crippen MR) is 68.4 cm³/mol. The van der Waals surface area contributed by atoms with Crippen molar-refractivity contribution < 1.29 is 0 Å². The lowest BCUT2D eigenvalue weighted by Crippen LogP contribution is -2.27. The number of hydrogen-bond acceptors (Lipinski definition) is 0. The molecule has 1 aliphatic carbocycles. The second-order valence-electron chi connectivity index (χ2n) is 6.33. The Morgan fingerprint density at radius 3 is 2.50 bits per heavy atom. The first kappa shape index (κ1) is 12.0. The lowest BCUT2D eigenvalue weighted by atomic mass is 9.83. The van der Waals surface area contributed by atoms with Gasteiger partial charge in [-0.2, -0.15) is 0 Å². The van der Waals surface area contributed by atoms with Gasteiger partial charge in [0.15, 0.2) is 0 Å². The summed E-state index contributed by atoms with van der Waals surface area (Å²) in [6, 6.07) is 1.50. The highest BCUT2D eigenvalue weighted by atomic mass is 28.3. The molecule has 0 nitrogen and oxygen atoms in total. The van der Waals surface area contributed by atoms with Crippen LogP contribution in [0.1, 0.15) is 33.1 Å². The van der Waals surface area contributed by atoms with Gasteiger partial charge < -0.3 is 0 Å². The van der Waals surface area contributed by atoms with E-state index in [9.17, 15) is 0 Å². The Balaban J connectivity index is 2.43. The summed E-state index contributed by atoms with van der Waals surface area (Å²) in [7, 11) is -0.842. The van der Waals surface area contributed by atoms with Gasteiger partial charge >= 0.3 is 0 Å². The molecular weight excluding hydrogens is 184 g/mol. The van der Waals surface area contributed by atoms with Gasteiger partial charge in [0.25, 0.3) is 0 Å². The van der Waals surface area contributed by atoms with E-state index in [0.29, 0.717) is 0 Å². The first-order valence-corrected chi connectivity index (χ1v) is 9.75. The Morgan fingerprint density at radius 2 is 2.07 bits per heavy atom. The molecule has 0 saturated carbocycles. The zero-order valence-electron chi connectivity index (χ0n) is 10.6. The van der Waals surface area contributed by atoms with Crippen LogP contribution in [0.5, 0.6) is 0 Å².